The fourth-order valence-corrected chi connectivity index (χ4v) is 7.35. The number of aromatic nitrogens is 5. The number of aryl methyl sites for hydroxylation is 1. The lowest BCUT2D eigenvalue weighted by molar-refractivity contribution is -0.187. The summed E-state index contributed by atoms with van der Waals surface area (Å²) in [5.41, 5.74) is 3.99. The summed E-state index contributed by atoms with van der Waals surface area (Å²) in [6.07, 6.45) is 4.32. The second-order valence-corrected chi connectivity index (χ2v) is 12.6. The second-order valence-electron chi connectivity index (χ2n) is 12.6. The molecule has 10 heteroatoms. The summed E-state index contributed by atoms with van der Waals surface area (Å²) in [4.78, 5) is 19.1. The van der Waals surface area contributed by atoms with Crippen LogP contribution in [0.25, 0.3) is 16.6 Å². The van der Waals surface area contributed by atoms with E-state index in [4.69, 9.17) is 0 Å². The first kappa shape index (κ1) is 26.5. The number of aromatic amines is 1. The van der Waals surface area contributed by atoms with Gasteiger partial charge in [0.25, 0.3) is 5.56 Å². The molecule has 41 heavy (non-hydrogen) atoms. The molecule has 4 aromatic rings. The molecule has 0 unspecified atom stereocenters. The van der Waals surface area contributed by atoms with Crippen molar-refractivity contribution in [2.45, 2.75) is 69.5 Å². The molecule has 7 nitrogen and oxygen atoms in total. The van der Waals surface area contributed by atoms with E-state index in [9.17, 15) is 18.0 Å². The number of H-pyrrole nitrogens is 1. The zero-order valence-electron chi connectivity index (χ0n) is 23.4. The molecule has 0 radical (unpaired) electrons. The quantitative estimate of drug-likeness (QED) is 0.321. The summed E-state index contributed by atoms with van der Waals surface area (Å²) in [6.45, 7) is 3.24. The smallest absolute Gasteiger partial charge is 0.353 e. The summed E-state index contributed by atoms with van der Waals surface area (Å²) < 4.78 is 43.9. The van der Waals surface area contributed by atoms with Crippen LogP contribution < -0.4 is 5.56 Å². The van der Waals surface area contributed by atoms with Gasteiger partial charge in [-0.3, -0.25) is 14.3 Å². The minimum atomic E-state index is -4.18. The van der Waals surface area contributed by atoms with Gasteiger partial charge in [-0.2, -0.15) is 13.2 Å². The Hall–Kier alpha value is -3.40. The van der Waals surface area contributed by atoms with Gasteiger partial charge in [0.15, 0.2) is 0 Å². The van der Waals surface area contributed by atoms with Crippen LogP contribution in [0.1, 0.15) is 74.0 Å². The largest absolute Gasteiger partial charge is 0.393 e. The van der Waals surface area contributed by atoms with Crippen molar-refractivity contribution in [3.63, 3.8) is 0 Å². The van der Waals surface area contributed by atoms with Gasteiger partial charge in [-0.25, -0.2) is 0 Å². The predicted molar refractivity (Wildman–Crippen MR) is 150 cm³/mol. The molecule has 1 aliphatic heterocycles. The molecule has 216 valence electrons. The molecule has 0 spiro atoms. The molecule has 1 N–H and O–H groups in total. The van der Waals surface area contributed by atoms with E-state index >= 15 is 0 Å². The van der Waals surface area contributed by atoms with Crippen LogP contribution in [0.5, 0.6) is 0 Å². The Balaban J connectivity index is 1.26. The van der Waals surface area contributed by atoms with Crippen LogP contribution in [0, 0.1) is 11.8 Å². The van der Waals surface area contributed by atoms with E-state index < -0.39 is 12.1 Å². The first-order chi connectivity index (χ1) is 19.6. The van der Waals surface area contributed by atoms with Gasteiger partial charge in [0.05, 0.1) is 11.3 Å². The highest BCUT2D eigenvalue weighted by molar-refractivity contribution is 5.84. The summed E-state index contributed by atoms with van der Waals surface area (Å²) in [7, 11) is 1.97. The van der Waals surface area contributed by atoms with E-state index in [2.05, 4.69) is 34.2 Å². The number of rotatable bonds is 6. The Morgan fingerprint density at radius 3 is 2.63 bits per heavy atom. The number of halogens is 3. The number of alkyl halides is 3. The number of piperidine rings is 1. The van der Waals surface area contributed by atoms with Crippen LogP contribution in [0.2, 0.25) is 0 Å². The lowest BCUT2D eigenvalue weighted by Gasteiger charge is -2.46. The average molecular weight is 565 g/mol. The van der Waals surface area contributed by atoms with Crippen molar-refractivity contribution in [2.75, 3.05) is 13.1 Å². The summed E-state index contributed by atoms with van der Waals surface area (Å²) >= 11 is 0. The highest BCUT2D eigenvalue weighted by Gasteiger charge is 2.48. The normalized spacial score (nSPS) is 25.5. The summed E-state index contributed by atoms with van der Waals surface area (Å²) in [5, 5.41) is 9.51. The third-order valence-corrected chi connectivity index (χ3v) is 9.48. The standard InChI is InChI=1S/C31H35F3N6O/c1-19-13-30(14-19,29-37-35-18-38(29)2)21-5-3-7-24(11-21)40-17-26(20-8-9-20)25-12-23(36-27(25)28(40)41)16-39-10-4-6-22(15-39)31(32,33)34/h3,5,7,11-12,17-20,22,36H,4,6,8-10,13-16H2,1-2H3/t19?,22-,30?/m0/s1. The molecule has 3 aliphatic rings. The summed E-state index contributed by atoms with van der Waals surface area (Å²) in [5.74, 6) is 0.599. The second kappa shape index (κ2) is 9.58. The van der Waals surface area contributed by atoms with Gasteiger partial charge in [0, 0.05) is 43.1 Å². The number of likely N-dealkylation sites (tertiary alicyclic amines) is 1. The van der Waals surface area contributed by atoms with Gasteiger partial charge < -0.3 is 9.55 Å². The number of pyridine rings is 1. The first-order valence-corrected chi connectivity index (χ1v) is 14.6. The molecule has 4 heterocycles. The van der Waals surface area contributed by atoms with Crippen molar-refractivity contribution in [1.82, 2.24) is 29.2 Å². The van der Waals surface area contributed by atoms with Crippen LogP contribution in [-0.2, 0) is 19.0 Å². The van der Waals surface area contributed by atoms with E-state index in [1.165, 1.54) is 0 Å². The molecule has 1 saturated heterocycles. The zero-order valence-corrected chi connectivity index (χ0v) is 23.4. The molecule has 0 bridgehead atoms. The Kier molecular flexibility index (Phi) is 6.19. The van der Waals surface area contributed by atoms with Crippen LogP contribution in [0.3, 0.4) is 0 Å². The van der Waals surface area contributed by atoms with E-state index in [0.717, 1.165) is 59.4 Å². The van der Waals surface area contributed by atoms with E-state index in [1.54, 1.807) is 10.9 Å². The van der Waals surface area contributed by atoms with E-state index in [0.29, 0.717) is 36.9 Å². The minimum Gasteiger partial charge on any atom is -0.353 e. The Labute approximate surface area is 236 Å². The predicted octanol–water partition coefficient (Wildman–Crippen LogP) is 5.82. The van der Waals surface area contributed by atoms with Gasteiger partial charge in [0.1, 0.15) is 17.7 Å². The molecule has 3 fully saturated rings. The van der Waals surface area contributed by atoms with Crippen molar-refractivity contribution in [3.05, 3.63) is 75.9 Å². The van der Waals surface area contributed by atoms with Gasteiger partial charge in [0.2, 0.25) is 0 Å². The molecule has 7 rings (SSSR count). The van der Waals surface area contributed by atoms with Gasteiger partial charge >= 0.3 is 6.18 Å². The van der Waals surface area contributed by atoms with Crippen molar-refractivity contribution in [2.24, 2.45) is 18.9 Å². The van der Waals surface area contributed by atoms with Crippen LogP contribution in [0.4, 0.5) is 13.2 Å². The molecule has 1 aromatic carbocycles. The van der Waals surface area contributed by atoms with Crippen molar-refractivity contribution in [1.29, 1.82) is 0 Å². The van der Waals surface area contributed by atoms with Crippen molar-refractivity contribution < 1.29 is 13.2 Å². The van der Waals surface area contributed by atoms with Crippen molar-refractivity contribution >= 4 is 10.9 Å². The monoisotopic (exact) mass is 564 g/mol. The fraction of sp³-hybridized carbons (Fsp3) is 0.516. The number of nitrogens with one attached hydrogen (secondary N) is 1. The number of hydrogen-bond donors (Lipinski definition) is 1. The molecular weight excluding hydrogens is 529 g/mol. The lowest BCUT2D eigenvalue weighted by Crippen LogP contribution is -2.43. The van der Waals surface area contributed by atoms with Gasteiger partial charge in [-0.05, 0) is 86.2 Å². The SMILES string of the molecule is CC1CC(c2cccc(-n3cc(C4CC4)c4cc(CN5CCC[C@H](C(F)(F)F)C5)[nH]c4c3=O)c2)(c2nncn2C)C1. The number of nitrogens with zero attached hydrogens (tertiary/aromatic N) is 5. The lowest BCUT2D eigenvalue weighted by atomic mass is 9.58. The highest BCUT2D eigenvalue weighted by atomic mass is 19.4. The molecule has 2 saturated carbocycles. The Morgan fingerprint density at radius 1 is 1.15 bits per heavy atom. The first-order valence-electron chi connectivity index (χ1n) is 14.6. The van der Waals surface area contributed by atoms with Crippen molar-refractivity contribution in [3.8, 4) is 5.69 Å². The maximum Gasteiger partial charge on any atom is 0.393 e. The molecule has 3 aromatic heterocycles. The van der Waals surface area contributed by atoms with Gasteiger partial charge in [-0.15, -0.1) is 10.2 Å². The van der Waals surface area contributed by atoms with E-state index in [1.807, 2.05) is 40.9 Å². The van der Waals surface area contributed by atoms with Crippen LogP contribution in [0.15, 0.2) is 47.7 Å². The number of hydrogen-bond acceptors (Lipinski definition) is 4. The Bertz CT molecular complexity index is 1660. The molecule has 0 amide bonds. The third-order valence-electron chi connectivity index (χ3n) is 9.48. The molecular formula is C31H35F3N6O. The van der Waals surface area contributed by atoms with Gasteiger partial charge in [-0.1, -0.05) is 19.1 Å². The fourth-order valence-electron chi connectivity index (χ4n) is 7.35. The Morgan fingerprint density at radius 2 is 1.95 bits per heavy atom. The van der Waals surface area contributed by atoms with E-state index in [-0.39, 0.29) is 23.9 Å². The number of benzene rings is 1. The molecule has 1 atom stereocenters. The average Bonchev–Trinajstić information content (AvgIpc) is 3.54. The maximum absolute atomic E-state index is 13.9. The highest BCUT2D eigenvalue weighted by Crippen LogP contribution is 2.51. The number of fused-ring (bicyclic) bond motifs is 1. The summed E-state index contributed by atoms with van der Waals surface area (Å²) in [6, 6.07) is 10.2. The third kappa shape index (κ3) is 4.60. The van der Waals surface area contributed by atoms with Crippen LogP contribution in [-0.4, -0.2) is 48.5 Å². The topological polar surface area (TPSA) is 71.7 Å². The minimum absolute atomic E-state index is 0.00272. The molecule has 2 aliphatic carbocycles. The maximum atomic E-state index is 13.9. The van der Waals surface area contributed by atoms with Crippen LogP contribution >= 0.6 is 0 Å². The zero-order chi connectivity index (χ0) is 28.5.